The van der Waals surface area contributed by atoms with E-state index < -0.39 is 18.6 Å². The second-order valence-electron chi connectivity index (χ2n) is 4.32. The van der Waals surface area contributed by atoms with Crippen molar-refractivity contribution in [2.45, 2.75) is 25.6 Å². The number of aryl methyl sites for hydroxylation is 1. The molecule has 0 aliphatic carbocycles. The molecule has 1 rings (SSSR count). The summed E-state index contributed by atoms with van der Waals surface area (Å²) in [4.78, 5) is 0. The Morgan fingerprint density at radius 2 is 1.95 bits per heavy atom. The minimum atomic E-state index is -2.79. The largest absolute Gasteiger partial charge is 0.496 e. The first-order valence-corrected chi connectivity index (χ1v) is 5.95. The highest BCUT2D eigenvalue weighted by molar-refractivity contribution is 5.38. The Balaban J connectivity index is 2.58. The van der Waals surface area contributed by atoms with Crippen LogP contribution in [-0.4, -0.2) is 42.9 Å². The summed E-state index contributed by atoms with van der Waals surface area (Å²) in [7, 11) is 1.49. The van der Waals surface area contributed by atoms with Gasteiger partial charge in [0.2, 0.25) is 0 Å². The fourth-order valence-corrected chi connectivity index (χ4v) is 1.68. The number of methoxy groups -OCH3 is 1. The third-order valence-corrected chi connectivity index (χ3v) is 2.73. The summed E-state index contributed by atoms with van der Waals surface area (Å²) in [5.74, 6) is 0.536. The number of nitrogens with one attached hydrogen (secondary N) is 1. The number of hydrogen-bond donors (Lipinski definition) is 3. The highest BCUT2D eigenvalue weighted by atomic mass is 19.3. The molecular formula is C13H19F2NO3. The Kier molecular flexibility index (Phi) is 6.14. The lowest BCUT2D eigenvalue weighted by molar-refractivity contribution is -0.00465. The Morgan fingerprint density at radius 3 is 2.53 bits per heavy atom. The van der Waals surface area contributed by atoms with Crippen molar-refractivity contribution in [1.82, 2.24) is 5.32 Å². The predicted octanol–water partition coefficient (Wildman–Crippen LogP) is 1.25. The second-order valence-corrected chi connectivity index (χ2v) is 4.32. The minimum absolute atomic E-state index is 0.0591. The molecule has 4 nitrogen and oxygen atoms in total. The lowest BCUT2D eigenvalue weighted by Gasteiger charge is -2.17. The fraction of sp³-hybridized carbons (Fsp3) is 0.538. The van der Waals surface area contributed by atoms with Crippen LogP contribution in [0.5, 0.6) is 5.75 Å². The van der Waals surface area contributed by atoms with E-state index in [1.54, 1.807) is 12.1 Å². The summed E-state index contributed by atoms with van der Waals surface area (Å²) in [5, 5.41) is 21.5. The summed E-state index contributed by atoms with van der Waals surface area (Å²) >= 11 is 0. The van der Waals surface area contributed by atoms with Gasteiger partial charge in [-0.3, -0.25) is 0 Å². The van der Waals surface area contributed by atoms with Gasteiger partial charge in [0.25, 0.3) is 6.43 Å². The molecule has 1 aromatic carbocycles. The van der Waals surface area contributed by atoms with E-state index in [0.29, 0.717) is 11.3 Å². The minimum Gasteiger partial charge on any atom is -0.496 e. The van der Waals surface area contributed by atoms with E-state index in [9.17, 15) is 13.9 Å². The van der Waals surface area contributed by atoms with Crippen LogP contribution < -0.4 is 10.1 Å². The highest BCUT2D eigenvalue weighted by Crippen LogP contribution is 2.25. The van der Waals surface area contributed by atoms with Crippen LogP contribution >= 0.6 is 0 Å². The van der Waals surface area contributed by atoms with Crippen LogP contribution in [0.4, 0.5) is 8.78 Å². The third kappa shape index (κ3) is 4.74. The van der Waals surface area contributed by atoms with Crippen LogP contribution in [0.3, 0.4) is 0 Å². The van der Waals surface area contributed by atoms with Gasteiger partial charge in [0.05, 0.1) is 13.2 Å². The average molecular weight is 275 g/mol. The van der Waals surface area contributed by atoms with Gasteiger partial charge >= 0.3 is 0 Å². The van der Waals surface area contributed by atoms with E-state index in [1.807, 2.05) is 13.0 Å². The first-order valence-electron chi connectivity index (χ1n) is 5.95. The number of ether oxygens (including phenoxy) is 1. The number of halogens is 2. The lowest BCUT2D eigenvalue weighted by Crippen LogP contribution is -2.34. The maximum atomic E-state index is 12.1. The number of benzene rings is 1. The van der Waals surface area contributed by atoms with Gasteiger partial charge in [-0.15, -0.1) is 0 Å². The topological polar surface area (TPSA) is 61.7 Å². The molecule has 2 atom stereocenters. The quantitative estimate of drug-likeness (QED) is 0.701. The number of aliphatic hydroxyl groups excluding tert-OH is 2. The molecule has 0 saturated carbocycles. The molecule has 0 spiro atoms. The zero-order valence-corrected chi connectivity index (χ0v) is 10.9. The van der Waals surface area contributed by atoms with Crippen LogP contribution in [0.25, 0.3) is 0 Å². The van der Waals surface area contributed by atoms with Gasteiger partial charge < -0.3 is 20.3 Å². The average Bonchev–Trinajstić information content (AvgIpc) is 2.38. The maximum Gasteiger partial charge on any atom is 0.265 e. The first kappa shape index (κ1) is 15.8. The lowest BCUT2D eigenvalue weighted by atomic mass is 10.1. The molecule has 108 valence electrons. The number of hydrogen-bond acceptors (Lipinski definition) is 4. The molecule has 0 fully saturated rings. The van der Waals surface area contributed by atoms with Gasteiger partial charge in [0, 0.05) is 18.7 Å². The summed E-state index contributed by atoms with van der Waals surface area (Å²) < 4.78 is 29.3. The summed E-state index contributed by atoms with van der Waals surface area (Å²) in [6.45, 7) is 1.66. The maximum absolute atomic E-state index is 12.1. The summed E-state index contributed by atoms with van der Waals surface area (Å²) in [5.41, 5.74) is 1.55. The molecule has 0 aromatic heterocycles. The Bertz CT molecular complexity index is 401. The van der Waals surface area contributed by atoms with Crippen molar-refractivity contribution in [1.29, 1.82) is 0 Å². The van der Waals surface area contributed by atoms with Crippen LogP contribution in [-0.2, 0) is 0 Å². The molecule has 0 radical (unpaired) electrons. The molecule has 0 bridgehead atoms. The highest BCUT2D eigenvalue weighted by Gasteiger charge is 2.18. The van der Waals surface area contributed by atoms with Crippen LogP contribution in [0.1, 0.15) is 17.2 Å². The summed E-state index contributed by atoms with van der Waals surface area (Å²) in [6.07, 6.45) is -5.41. The molecule has 0 aliphatic heterocycles. The van der Waals surface area contributed by atoms with Gasteiger partial charge in [0.15, 0.2) is 0 Å². The molecule has 0 amide bonds. The van der Waals surface area contributed by atoms with Crippen LogP contribution in [0, 0.1) is 6.92 Å². The molecule has 19 heavy (non-hydrogen) atoms. The van der Waals surface area contributed by atoms with Crippen LogP contribution in [0.15, 0.2) is 18.2 Å². The zero-order valence-electron chi connectivity index (χ0n) is 10.9. The van der Waals surface area contributed by atoms with Crippen molar-refractivity contribution in [2.24, 2.45) is 0 Å². The monoisotopic (exact) mass is 275 g/mol. The van der Waals surface area contributed by atoms with Crippen molar-refractivity contribution in [3.63, 3.8) is 0 Å². The van der Waals surface area contributed by atoms with Crippen molar-refractivity contribution in [2.75, 3.05) is 20.2 Å². The SMILES string of the molecule is COc1ccc(C)cc1C(O)CNCC(O)C(F)F. The van der Waals surface area contributed by atoms with Crippen molar-refractivity contribution < 1.29 is 23.7 Å². The van der Waals surface area contributed by atoms with Gasteiger partial charge in [-0.05, 0) is 19.1 Å². The standard InChI is InChI=1S/C13H19F2NO3/c1-8-3-4-12(19-2)9(5-8)10(17)6-16-7-11(18)13(14)15/h3-5,10-11,13,16-18H,6-7H2,1-2H3. The Labute approximate surface area is 111 Å². The number of aliphatic hydroxyl groups is 2. The molecule has 0 heterocycles. The van der Waals surface area contributed by atoms with Crippen molar-refractivity contribution in [3.05, 3.63) is 29.3 Å². The van der Waals surface area contributed by atoms with Gasteiger partial charge in [-0.25, -0.2) is 8.78 Å². The van der Waals surface area contributed by atoms with E-state index in [2.05, 4.69) is 5.32 Å². The van der Waals surface area contributed by atoms with E-state index in [-0.39, 0.29) is 13.1 Å². The zero-order chi connectivity index (χ0) is 14.4. The Morgan fingerprint density at radius 1 is 1.26 bits per heavy atom. The van der Waals surface area contributed by atoms with Crippen LogP contribution in [0.2, 0.25) is 0 Å². The third-order valence-electron chi connectivity index (χ3n) is 2.73. The predicted molar refractivity (Wildman–Crippen MR) is 67.6 cm³/mol. The van der Waals surface area contributed by atoms with E-state index in [4.69, 9.17) is 9.84 Å². The number of rotatable bonds is 7. The van der Waals surface area contributed by atoms with Gasteiger partial charge in [0.1, 0.15) is 11.9 Å². The van der Waals surface area contributed by atoms with Crippen molar-refractivity contribution >= 4 is 0 Å². The van der Waals surface area contributed by atoms with Crippen molar-refractivity contribution in [3.8, 4) is 5.75 Å². The van der Waals surface area contributed by atoms with Gasteiger partial charge in [-0.1, -0.05) is 11.6 Å². The second kappa shape index (κ2) is 7.37. The van der Waals surface area contributed by atoms with E-state index >= 15 is 0 Å². The molecule has 3 N–H and O–H groups in total. The smallest absolute Gasteiger partial charge is 0.265 e. The summed E-state index contributed by atoms with van der Waals surface area (Å²) in [6, 6.07) is 5.36. The molecule has 2 unspecified atom stereocenters. The van der Waals surface area contributed by atoms with E-state index in [0.717, 1.165) is 5.56 Å². The normalized spacial score (nSPS) is 14.5. The first-order chi connectivity index (χ1) is 8.95. The molecule has 0 aliphatic rings. The Hall–Kier alpha value is -1.24. The molecule has 6 heteroatoms. The molecular weight excluding hydrogens is 256 g/mol. The number of alkyl halides is 2. The molecule has 0 saturated heterocycles. The van der Waals surface area contributed by atoms with Gasteiger partial charge in [-0.2, -0.15) is 0 Å². The fourth-order valence-electron chi connectivity index (χ4n) is 1.68. The molecule has 1 aromatic rings. The van der Waals surface area contributed by atoms with E-state index in [1.165, 1.54) is 7.11 Å².